The normalized spacial score (nSPS) is 10.6. The van der Waals surface area contributed by atoms with Crippen molar-refractivity contribution >= 4 is 40.9 Å². The Balaban J connectivity index is 2.27. The Morgan fingerprint density at radius 2 is 2.20 bits per heavy atom. The number of esters is 1. The molecular formula is C11H10Cl2N4O2S. The second-order valence-electron chi connectivity index (χ2n) is 3.75. The molecule has 0 unspecified atom stereocenters. The zero-order valence-corrected chi connectivity index (χ0v) is 13.0. The number of nitrogens with zero attached hydrogens (tertiary/aromatic N) is 4. The number of benzene rings is 1. The average molecular weight is 333 g/mol. The number of methoxy groups -OCH3 is 1. The zero-order chi connectivity index (χ0) is 14.7. The van der Waals surface area contributed by atoms with Gasteiger partial charge in [0.05, 0.1) is 17.7 Å². The van der Waals surface area contributed by atoms with Gasteiger partial charge in [-0.15, -0.1) is 5.10 Å². The number of rotatable bonds is 4. The molecule has 0 aliphatic carbocycles. The van der Waals surface area contributed by atoms with E-state index >= 15 is 0 Å². The van der Waals surface area contributed by atoms with Crippen LogP contribution in [0, 0.1) is 0 Å². The van der Waals surface area contributed by atoms with Crippen LogP contribution in [0.3, 0.4) is 0 Å². The van der Waals surface area contributed by atoms with Crippen LogP contribution in [0.4, 0.5) is 0 Å². The molecule has 106 valence electrons. The Bertz CT molecular complexity index is 647. The van der Waals surface area contributed by atoms with Crippen molar-refractivity contribution in [3.8, 4) is 0 Å². The SMILES string of the molecule is COC(=O)c1ccc(Cl)c(CSc2nnnn2C)c1Cl. The molecule has 1 heterocycles. The van der Waals surface area contributed by atoms with Crippen molar-refractivity contribution in [3.05, 3.63) is 33.3 Å². The third kappa shape index (κ3) is 3.05. The summed E-state index contributed by atoms with van der Waals surface area (Å²) >= 11 is 13.7. The van der Waals surface area contributed by atoms with Crippen molar-refractivity contribution in [2.75, 3.05) is 7.11 Å². The third-order valence-corrected chi connectivity index (χ3v) is 4.34. The first kappa shape index (κ1) is 15.1. The molecule has 0 spiro atoms. The zero-order valence-electron chi connectivity index (χ0n) is 10.6. The Morgan fingerprint density at radius 3 is 2.80 bits per heavy atom. The van der Waals surface area contributed by atoms with E-state index in [2.05, 4.69) is 20.3 Å². The molecule has 0 atom stereocenters. The second kappa shape index (κ2) is 6.43. The maximum Gasteiger partial charge on any atom is 0.339 e. The molecule has 20 heavy (non-hydrogen) atoms. The van der Waals surface area contributed by atoms with Crippen molar-refractivity contribution in [2.45, 2.75) is 10.9 Å². The molecule has 0 aliphatic heterocycles. The highest BCUT2D eigenvalue weighted by Gasteiger charge is 2.17. The number of aryl methyl sites for hydroxylation is 1. The Morgan fingerprint density at radius 1 is 1.45 bits per heavy atom. The quantitative estimate of drug-likeness (QED) is 0.633. The van der Waals surface area contributed by atoms with Crippen molar-refractivity contribution in [2.24, 2.45) is 7.05 Å². The first-order chi connectivity index (χ1) is 9.54. The van der Waals surface area contributed by atoms with Gasteiger partial charge in [0.1, 0.15) is 0 Å². The first-order valence-corrected chi connectivity index (χ1v) is 7.19. The fourth-order valence-corrected chi connectivity index (χ4v) is 3.11. The lowest BCUT2D eigenvalue weighted by Crippen LogP contribution is -2.04. The molecule has 9 heteroatoms. The van der Waals surface area contributed by atoms with Gasteiger partial charge in [0.15, 0.2) is 0 Å². The van der Waals surface area contributed by atoms with Gasteiger partial charge in [-0.25, -0.2) is 9.48 Å². The number of ether oxygens (including phenoxy) is 1. The van der Waals surface area contributed by atoms with Gasteiger partial charge in [0.25, 0.3) is 0 Å². The van der Waals surface area contributed by atoms with E-state index in [0.717, 1.165) is 0 Å². The summed E-state index contributed by atoms with van der Waals surface area (Å²) in [4.78, 5) is 11.6. The van der Waals surface area contributed by atoms with Crippen LogP contribution in [-0.2, 0) is 17.5 Å². The first-order valence-electron chi connectivity index (χ1n) is 5.45. The van der Waals surface area contributed by atoms with E-state index in [1.807, 2.05) is 0 Å². The second-order valence-corrected chi connectivity index (χ2v) is 5.48. The predicted octanol–water partition coefficient (Wildman–Crippen LogP) is 2.60. The third-order valence-electron chi connectivity index (χ3n) is 2.52. The van der Waals surface area contributed by atoms with Crippen LogP contribution in [-0.4, -0.2) is 33.3 Å². The maximum absolute atomic E-state index is 11.6. The number of hydrogen-bond acceptors (Lipinski definition) is 6. The number of carbonyl (C=O) groups is 1. The maximum atomic E-state index is 11.6. The summed E-state index contributed by atoms with van der Waals surface area (Å²) in [6.07, 6.45) is 0. The largest absolute Gasteiger partial charge is 0.465 e. The van der Waals surface area contributed by atoms with Crippen LogP contribution in [0.15, 0.2) is 17.3 Å². The van der Waals surface area contributed by atoms with Crippen LogP contribution in [0.2, 0.25) is 10.0 Å². The topological polar surface area (TPSA) is 69.9 Å². The Labute approximate surface area is 129 Å². The summed E-state index contributed by atoms with van der Waals surface area (Å²) in [6, 6.07) is 3.15. The smallest absolute Gasteiger partial charge is 0.339 e. The number of thioether (sulfide) groups is 1. The van der Waals surface area contributed by atoms with Crippen LogP contribution in [0.25, 0.3) is 0 Å². The minimum atomic E-state index is -0.502. The number of aromatic nitrogens is 4. The molecule has 0 bridgehead atoms. The molecule has 1 aromatic heterocycles. The van der Waals surface area contributed by atoms with Gasteiger partial charge >= 0.3 is 5.97 Å². The molecular weight excluding hydrogens is 323 g/mol. The highest BCUT2D eigenvalue weighted by atomic mass is 35.5. The number of tetrazole rings is 1. The average Bonchev–Trinajstić information content (AvgIpc) is 2.83. The van der Waals surface area contributed by atoms with Crippen LogP contribution >= 0.6 is 35.0 Å². The monoisotopic (exact) mass is 332 g/mol. The van der Waals surface area contributed by atoms with Gasteiger partial charge in [-0.2, -0.15) is 0 Å². The molecule has 0 saturated heterocycles. The fraction of sp³-hybridized carbons (Fsp3) is 0.273. The summed E-state index contributed by atoms with van der Waals surface area (Å²) in [5.74, 6) is -0.0604. The van der Waals surface area contributed by atoms with Crippen LogP contribution in [0.1, 0.15) is 15.9 Å². The molecule has 6 nitrogen and oxygen atoms in total. The highest BCUT2D eigenvalue weighted by molar-refractivity contribution is 7.98. The highest BCUT2D eigenvalue weighted by Crippen LogP contribution is 2.33. The van der Waals surface area contributed by atoms with Crippen LogP contribution in [0.5, 0.6) is 0 Å². The minimum Gasteiger partial charge on any atom is -0.465 e. The summed E-state index contributed by atoms with van der Waals surface area (Å²) in [5.41, 5.74) is 0.925. The lowest BCUT2D eigenvalue weighted by atomic mass is 10.1. The van der Waals surface area contributed by atoms with E-state index in [4.69, 9.17) is 23.2 Å². The number of carbonyl (C=O) groups excluding carboxylic acids is 1. The van der Waals surface area contributed by atoms with Gasteiger partial charge < -0.3 is 4.74 Å². The molecule has 0 radical (unpaired) electrons. The molecule has 0 aliphatic rings. The lowest BCUT2D eigenvalue weighted by molar-refractivity contribution is 0.0601. The van der Waals surface area contributed by atoms with E-state index in [0.29, 0.717) is 21.5 Å². The van der Waals surface area contributed by atoms with E-state index < -0.39 is 5.97 Å². The van der Waals surface area contributed by atoms with Gasteiger partial charge in [-0.3, -0.25) is 0 Å². The van der Waals surface area contributed by atoms with Crippen molar-refractivity contribution in [3.63, 3.8) is 0 Å². The standard InChI is InChI=1S/C11H10Cl2N4O2S/c1-17-11(14-15-16-17)20-5-7-8(12)4-3-6(9(7)13)10(18)19-2/h3-4H,5H2,1-2H3. The summed E-state index contributed by atoms with van der Waals surface area (Å²) in [5, 5.41) is 12.5. The number of halogens is 2. The van der Waals surface area contributed by atoms with Gasteiger partial charge in [0.2, 0.25) is 5.16 Å². The molecule has 0 fully saturated rings. The molecule has 2 aromatic rings. The fourth-order valence-electron chi connectivity index (χ4n) is 1.48. The molecule has 0 saturated carbocycles. The predicted molar refractivity (Wildman–Crippen MR) is 76.2 cm³/mol. The molecule has 0 amide bonds. The van der Waals surface area contributed by atoms with E-state index in [1.165, 1.54) is 29.6 Å². The minimum absolute atomic E-state index is 0.283. The van der Waals surface area contributed by atoms with E-state index in [9.17, 15) is 4.79 Å². The molecule has 1 aromatic carbocycles. The summed E-state index contributed by atoms with van der Waals surface area (Å²) in [7, 11) is 3.03. The van der Waals surface area contributed by atoms with E-state index in [-0.39, 0.29) is 10.6 Å². The van der Waals surface area contributed by atoms with Crippen molar-refractivity contribution in [1.29, 1.82) is 0 Å². The number of hydrogen-bond donors (Lipinski definition) is 0. The van der Waals surface area contributed by atoms with Crippen molar-refractivity contribution < 1.29 is 9.53 Å². The molecule has 0 N–H and O–H groups in total. The van der Waals surface area contributed by atoms with Gasteiger partial charge in [-0.05, 0) is 22.6 Å². The Kier molecular flexibility index (Phi) is 4.85. The van der Waals surface area contributed by atoms with Crippen molar-refractivity contribution in [1.82, 2.24) is 20.2 Å². The van der Waals surface area contributed by atoms with Gasteiger partial charge in [-0.1, -0.05) is 35.0 Å². The van der Waals surface area contributed by atoms with Crippen LogP contribution < -0.4 is 0 Å². The molecule has 2 rings (SSSR count). The Hall–Kier alpha value is -1.31. The summed E-state index contributed by atoms with van der Waals surface area (Å²) < 4.78 is 6.21. The summed E-state index contributed by atoms with van der Waals surface area (Å²) in [6.45, 7) is 0. The van der Waals surface area contributed by atoms with E-state index in [1.54, 1.807) is 13.1 Å². The van der Waals surface area contributed by atoms with Gasteiger partial charge in [0, 0.05) is 23.4 Å². The lowest BCUT2D eigenvalue weighted by Gasteiger charge is -2.09.